The number of furan rings is 1. The van der Waals surface area contributed by atoms with E-state index in [2.05, 4.69) is 15.3 Å². The average molecular weight is 313 g/mol. The van der Waals surface area contributed by atoms with Gasteiger partial charge in [-0.25, -0.2) is 9.97 Å². The summed E-state index contributed by atoms with van der Waals surface area (Å²) >= 11 is 0. The average Bonchev–Trinajstić information content (AvgIpc) is 3.05. The molecule has 116 valence electrons. The lowest BCUT2D eigenvalue weighted by atomic mass is 10.3. The van der Waals surface area contributed by atoms with Crippen molar-refractivity contribution in [3.05, 3.63) is 40.6 Å². The van der Waals surface area contributed by atoms with Crippen LogP contribution in [0.3, 0.4) is 0 Å². The van der Waals surface area contributed by atoms with E-state index in [1.54, 1.807) is 12.1 Å². The normalized spacial score (nSPS) is 9.65. The van der Waals surface area contributed by atoms with Gasteiger partial charge < -0.3 is 14.6 Å². The molecule has 0 bridgehead atoms. The third kappa shape index (κ3) is 3.71. The minimum Gasteiger partial charge on any atom is -0.467 e. The van der Waals surface area contributed by atoms with Gasteiger partial charge in [-0.1, -0.05) is 0 Å². The van der Waals surface area contributed by atoms with Crippen molar-refractivity contribution >= 4 is 17.3 Å². The summed E-state index contributed by atoms with van der Waals surface area (Å²) in [7, 11) is 0. The molecule has 0 aliphatic carbocycles. The lowest BCUT2D eigenvalue weighted by Crippen LogP contribution is -2.26. The molecule has 2 aromatic heterocycles. The highest BCUT2D eigenvalue weighted by atomic mass is 16.6. The van der Waals surface area contributed by atoms with Crippen molar-refractivity contribution in [2.45, 2.75) is 6.54 Å². The second-order valence-electron chi connectivity index (χ2n) is 4.26. The number of anilines is 2. The number of hydrogen-bond acceptors (Lipinski definition) is 9. The molecular weight excluding hydrogens is 302 g/mol. The van der Waals surface area contributed by atoms with Crippen LogP contribution in [0.25, 0.3) is 0 Å². The van der Waals surface area contributed by atoms with Crippen molar-refractivity contribution < 1.29 is 9.34 Å². The van der Waals surface area contributed by atoms with Gasteiger partial charge in [-0.05, 0) is 12.1 Å². The van der Waals surface area contributed by atoms with E-state index in [0.29, 0.717) is 5.76 Å². The predicted octanol–water partition coefficient (Wildman–Crippen LogP) is 1.44. The Morgan fingerprint density at radius 2 is 2.09 bits per heavy atom. The van der Waals surface area contributed by atoms with Crippen molar-refractivity contribution in [2.24, 2.45) is 0 Å². The van der Waals surface area contributed by atoms with Crippen LogP contribution in [0.15, 0.2) is 29.1 Å². The van der Waals surface area contributed by atoms with E-state index in [-0.39, 0.29) is 31.3 Å². The van der Waals surface area contributed by atoms with Crippen LogP contribution in [0.2, 0.25) is 0 Å². The van der Waals surface area contributed by atoms with Crippen LogP contribution in [-0.2, 0) is 6.54 Å². The summed E-state index contributed by atoms with van der Waals surface area (Å²) in [5.74, 6) is 0.470. The molecule has 0 aromatic carbocycles. The fourth-order valence-corrected chi connectivity index (χ4v) is 1.86. The highest BCUT2D eigenvalue weighted by molar-refractivity contribution is 5.70. The highest BCUT2D eigenvalue weighted by Crippen LogP contribution is 2.31. The van der Waals surface area contributed by atoms with Crippen molar-refractivity contribution in [1.82, 2.24) is 9.97 Å². The summed E-state index contributed by atoms with van der Waals surface area (Å²) in [6, 6.07) is 7.09. The number of nitrogens with one attached hydrogen (secondary N) is 1. The van der Waals surface area contributed by atoms with Crippen LogP contribution >= 0.6 is 0 Å². The van der Waals surface area contributed by atoms with E-state index < -0.39 is 10.6 Å². The number of nitro groups is 1. The fraction of sp³-hybridized carbons (Fsp3) is 0.231. The molecule has 0 fully saturated rings. The Bertz CT molecular complexity index is 745. The third-order valence-corrected chi connectivity index (χ3v) is 2.82. The maximum atomic E-state index is 11.4. The number of nitriles is 2. The third-order valence-electron chi connectivity index (χ3n) is 2.82. The molecule has 0 amide bonds. The summed E-state index contributed by atoms with van der Waals surface area (Å²) in [4.78, 5) is 19.7. The molecule has 0 radical (unpaired) electrons. The Kier molecular flexibility index (Phi) is 5.04. The summed E-state index contributed by atoms with van der Waals surface area (Å²) in [6.07, 6.45) is 2.62. The topological polar surface area (TPSA) is 145 Å². The zero-order valence-corrected chi connectivity index (χ0v) is 11.8. The molecule has 23 heavy (non-hydrogen) atoms. The molecule has 0 aliphatic heterocycles. The van der Waals surface area contributed by atoms with Gasteiger partial charge in [0.05, 0.1) is 29.9 Å². The lowest BCUT2D eigenvalue weighted by Gasteiger charge is -2.17. The van der Waals surface area contributed by atoms with Gasteiger partial charge in [0.2, 0.25) is 11.6 Å². The minimum absolute atomic E-state index is 0.0164. The second-order valence-corrected chi connectivity index (χ2v) is 4.26. The van der Waals surface area contributed by atoms with E-state index in [1.165, 1.54) is 11.2 Å². The van der Waals surface area contributed by atoms with E-state index in [1.807, 2.05) is 12.1 Å². The maximum absolute atomic E-state index is 11.4. The smallest absolute Gasteiger partial charge is 0.353 e. The zero-order valence-electron chi connectivity index (χ0n) is 11.8. The van der Waals surface area contributed by atoms with Crippen LogP contribution in [-0.4, -0.2) is 28.0 Å². The minimum atomic E-state index is -0.651. The monoisotopic (exact) mass is 313 g/mol. The Balaban J connectivity index is 2.35. The first-order valence-corrected chi connectivity index (χ1v) is 6.42. The molecule has 10 nitrogen and oxygen atoms in total. The Morgan fingerprint density at radius 3 is 2.65 bits per heavy atom. The Hall–Kier alpha value is -3.66. The fourth-order valence-electron chi connectivity index (χ4n) is 1.86. The lowest BCUT2D eigenvalue weighted by molar-refractivity contribution is -0.383. The van der Waals surface area contributed by atoms with Crippen molar-refractivity contribution in [2.75, 3.05) is 23.3 Å². The van der Waals surface area contributed by atoms with Gasteiger partial charge in [-0.2, -0.15) is 10.5 Å². The summed E-state index contributed by atoms with van der Waals surface area (Å²) < 4.78 is 5.14. The number of nitrogens with zero attached hydrogens (tertiary/aromatic N) is 6. The van der Waals surface area contributed by atoms with Crippen molar-refractivity contribution in [3.8, 4) is 12.1 Å². The SMILES string of the molecule is N#CCN(CC#N)c1ncnc(NCc2ccco2)c1[N+](=O)[O-]. The quantitative estimate of drug-likeness (QED) is 0.455. The van der Waals surface area contributed by atoms with Gasteiger partial charge in [-0.3, -0.25) is 10.1 Å². The van der Waals surface area contributed by atoms with E-state index in [9.17, 15) is 10.1 Å². The van der Waals surface area contributed by atoms with Crippen LogP contribution in [0, 0.1) is 32.8 Å². The Labute approximate surface area is 130 Å². The van der Waals surface area contributed by atoms with Crippen LogP contribution < -0.4 is 10.2 Å². The zero-order chi connectivity index (χ0) is 16.7. The molecule has 0 saturated heterocycles. The van der Waals surface area contributed by atoms with Crippen molar-refractivity contribution in [1.29, 1.82) is 10.5 Å². The van der Waals surface area contributed by atoms with Crippen molar-refractivity contribution in [3.63, 3.8) is 0 Å². The van der Waals surface area contributed by atoms with Gasteiger partial charge in [0.15, 0.2) is 0 Å². The first-order valence-electron chi connectivity index (χ1n) is 6.42. The summed E-state index contributed by atoms with van der Waals surface area (Å²) in [5, 5.41) is 31.8. The van der Waals surface area contributed by atoms with Crippen LogP contribution in [0.1, 0.15) is 5.76 Å². The highest BCUT2D eigenvalue weighted by Gasteiger charge is 2.27. The first kappa shape index (κ1) is 15.7. The molecule has 0 atom stereocenters. The van der Waals surface area contributed by atoms with E-state index in [0.717, 1.165) is 6.33 Å². The molecule has 2 aromatic rings. The number of hydrogen-bond donors (Lipinski definition) is 1. The molecule has 0 unspecified atom stereocenters. The van der Waals surface area contributed by atoms with Gasteiger partial charge >= 0.3 is 5.69 Å². The molecule has 10 heteroatoms. The standard InChI is InChI=1S/C13H11N7O3/c14-3-5-19(6-4-15)13-11(20(21)22)12(17-9-18-13)16-8-10-2-1-7-23-10/h1-2,7,9H,5-6,8H2,(H,16,17,18). The van der Waals surface area contributed by atoms with Crippen LogP contribution in [0.5, 0.6) is 0 Å². The maximum Gasteiger partial charge on any atom is 0.353 e. The Morgan fingerprint density at radius 1 is 1.35 bits per heavy atom. The van der Waals surface area contributed by atoms with Gasteiger partial charge in [0, 0.05) is 0 Å². The molecule has 2 heterocycles. The molecule has 2 rings (SSSR count). The molecular formula is C13H11N7O3. The molecule has 0 spiro atoms. The largest absolute Gasteiger partial charge is 0.467 e. The first-order chi connectivity index (χ1) is 11.2. The van der Waals surface area contributed by atoms with Crippen LogP contribution in [0.4, 0.5) is 17.3 Å². The summed E-state index contributed by atoms with van der Waals surface area (Å²) in [6.45, 7) is -0.215. The molecule has 0 aliphatic rings. The van der Waals surface area contributed by atoms with Gasteiger partial charge in [-0.15, -0.1) is 0 Å². The summed E-state index contributed by atoms with van der Waals surface area (Å²) in [5.41, 5.74) is -0.399. The molecule has 0 saturated carbocycles. The number of rotatable bonds is 7. The molecule has 1 N–H and O–H groups in total. The van der Waals surface area contributed by atoms with E-state index >= 15 is 0 Å². The second kappa shape index (κ2) is 7.38. The predicted molar refractivity (Wildman–Crippen MR) is 78.2 cm³/mol. The van der Waals surface area contributed by atoms with Gasteiger partial charge in [0.1, 0.15) is 25.2 Å². The van der Waals surface area contributed by atoms with E-state index in [4.69, 9.17) is 14.9 Å². The van der Waals surface area contributed by atoms with Gasteiger partial charge in [0.25, 0.3) is 0 Å². The number of aromatic nitrogens is 2.